The third kappa shape index (κ3) is 3.57. The minimum absolute atomic E-state index is 0.00986. The van der Waals surface area contributed by atoms with Gasteiger partial charge in [0.15, 0.2) is 9.84 Å². The maximum Gasteiger partial charge on any atom is 0.242 e. The highest BCUT2D eigenvalue weighted by atomic mass is 32.2. The standard InChI is InChI=1S/C13H19NO3S/c1-4-14(12-9-7-6-8-11(12)3)13(15)10-18(16,17)5-2/h6-9H,4-5,10H2,1-3H3. The smallest absolute Gasteiger partial charge is 0.242 e. The zero-order chi connectivity index (χ0) is 13.8. The Bertz CT molecular complexity index is 523. The van der Waals surface area contributed by atoms with E-state index in [-0.39, 0.29) is 11.7 Å². The molecule has 0 saturated carbocycles. The molecule has 18 heavy (non-hydrogen) atoms. The maximum absolute atomic E-state index is 12.0. The summed E-state index contributed by atoms with van der Waals surface area (Å²) >= 11 is 0. The van der Waals surface area contributed by atoms with Gasteiger partial charge in [-0.15, -0.1) is 0 Å². The molecule has 0 N–H and O–H groups in total. The average Bonchev–Trinajstić information content (AvgIpc) is 2.32. The number of carbonyl (C=O) groups is 1. The minimum Gasteiger partial charge on any atom is -0.312 e. The zero-order valence-corrected chi connectivity index (χ0v) is 11.8. The summed E-state index contributed by atoms with van der Waals surface area (Å²) < 4.78 is 23.0. The zero-order valence-electron chi connectivity index (χ0n) is 11.0. The lowest BCUT2D eigenvalue weighted by molar-refractivity contribution is -0.116. The predicted octanol–water partition coefficient (Wildman–Crippen LogP) is 1.78. The SMILES string of the molecule is CCN(C(=O)CS(=O)(=O)CC)c1ccccc1C. The summed E-state index contributed by atoms with van der Waals surface area (Å²) in [6.45, 7) is 5.75. The molecular weight excluding hydrogens is 250 g/mol. The fourth-order valence-electron chi connectivity index (χ4n) is 1.72. The van der Waals surface area contributed by atoms with E-state index >= 15 is 0 Å². The van der Waals surface area contributed by atoms with Crippen molar-refractivity contribution in [2.24, 2.45) is 0 Å². The molecule has 0 radical (unpaired) electrons. The largest absolute Gasteiger partial charge is 0.312 e. The summed E-state index contributed by atoms with van der Waals surface area (Å²) in [5.41, 5.74) is 1.73. The number of hydrogen-bond acceptors (Lipinski definition) is 3. The maximum atomic E-state index is 12.0. The molecule has 0 unspecified atom stereocenters. The van der Waals surface area contributed by atoms with Crippen LogP contribution in [0.1, 0.15) is 19.4 Å². The molecule has 0 atom stereocenters. The molecule has 0 bridgehead atoms. The highest BCUT2D eigenvalue weighted by Gasteiger charge is 2.21. The molecule has 1 rings (SSSR count). The first-order valence-corrected chi connectivity index (χ1v) is 7.79. The summed E-state index contributed by atoms with van der Waals surface area (Å²) in [5, 5.41) is 0. The van der Waals surface area contributed by atoms with Crippen LogP contribution in [0.15, 0.2) is 24.3 Å². The van der Waals surface area contributed by atoms with Gasteiger partial charge in [0.25, 0.3) is 0 Å². The third-order valence-electron chi connectivity index (χ3n) is 2.81. The number of amides is 1. The van der Waals surface area contributed by atoms with E-state index < -0.39 is 15.6 Å². The Labute approximate surface area is 109 Å². The van der Waals surface area contributed by atoms with Crippen LogP contribution in [-0.2, 0) is 14.6 Å². The number of nitrogens with zero attached hydrogens (tertiary/aromatic N) is 1. The molecule has 1 amide bonds. The average molecular weight is 269 g/mol. The highest BCUT2D eigenvalue weighted by molar-refractivity contribution is 7.92. The van der Waals surface area contributed by atoms with E-state index in [9.17, 15) is 13.2 Å². The van der Waals surface area contributed by atoms with Gasteiger partial charge < -0.3 is 4.90 Å². The van der Waals surface area contributed by atoms with Gasteiger partial charge in [-0.05, 0) is 25.5 Å². The van der Waals surface area contributed by atoms with Gasteiger partial charge in [-0.1, -0.05) is 25.1 Å². The summed E-state index contributed by atoms with van der Waals surface area (Å²) in [5.74, 6) is -0.802. The van der Waals surface area contributed by atoms with Crippen molar-refractivity contribution in [3.63, 3.8) is 0 Å². The molecule has 0 saturated heterocycles. The lowest BCUT2D eigenvalue weighted by Gasteiger charge is -2.22. The van der Waals surface area contributed by atoms with Crippen LogP contribution in [0.4, 0.5) is 5.69 Å². The van der Waals surface area contributed by atoms with Crippen LogP contribution in [0.5, 0.6) is 0 Å². The molecule has 0 heterocycles. The molecule has 0 fully saturated rings. The Kier molecular flexibility index (Phi) is 4.90. The molecule has 0 aromatic heterocycles. The van der Waals surface area contributed by atoms with Crippen molar-refractivity contribution in [1.82, 2.24) is 0 Å². The number of aryl methyl sites for hydroxylation is 1. The minimum atomic E-state index is -3.29. The van der Waals surface area contributed by atoms with Crippen LogP contribution in [0.3, 0.4) is 0 Å². The van der Waals surface area contributed by atoms with Gasteiger partial charge in [-0.3, -0.25) is 4.79 Å². The Balaban J connectivity index is 2.98. The third-order valence-corrected chi connectivity index (χ3v) is 4.37. The van der Waals surface area contributed by atoms with E-state index in [2.05, 4.69) is 0 Å². The fraction of sp³-hybridized carbons (Fsp3) is 0.462. The van der Waals surface area contributed by atoms with Crippen LogP contribution in [0.2, 0.25) is 0 Å². The summed E-state index contributed by atoms with van der Waals surface area (Å²) in [4.78, 5) is 13.6. The molecule has 0 spiro atoms. The molecular formula is C13H19NO3S. The second kappa shape index (κ2) is 6.00. The highest BCUT2D eigenvalue weighted by Crippen LogP contribution is 2.19. The Morgan fingerprint density at radius 1 is 1.22 bits per heavy atom. The van der Waals surface area contributed by atoms with Gasteiger partial charge in [-0.2, -0.15) is 0 Å². The lowest BCUT2D eigenvalue weighted by Crippen LogP contribution is -2.36. The van der Waals surface area contributed by atoms with Gasteiger partial charge in [-0.25, -0.2) is 8.42 Å². The molecule has 0 aliphatic rings. The number of rotatable bonds is 5. The number of sulfone groups is 1. The van der Waals surface area contributed by atoms with Crippen LogP contribution < -0.4 is 4.90 Å². The van der Waals surface area contributed by atoms with E-state index in [1.54, 1.807) is 6.92 Å². The van der Waals surface area contributed by atoms with Gasteiger partial charge in [0, 0.05) is 18.0 Å². The van der Waals surface area contributed by atoms with Gasteiger partial charge in [0.1, 0.15) is 5.75 Å². The molecule has 1 aromatic carbocycles. The first-order valence-electron chi connectivity index (χ1n) is 5.97. The van der Waals surface area contributed by atoms with Crippen molar-refractivity contribution in [1.29, 1.82) is 0 Å². The van der Waals surface area contributed by atoms with E-state index in [4.69, 9.17) is 0 Å². The van der Waals surface area contributed by atoms with E-state index in [1.807, 2.05) is 38.1 Å². The Morgan fingerprint density at radius 2 is 1.83 bits per heavy atom. The Hall–Kier alpha value is -1.36. The van der Waals surface area contributed by atoms with Crippen molar-refractivity contribution in [3.8, 4) is 0 Å². The van der Waals surface area contributed by atoms with E-state index in [0.29, 0.717) is 6.54 Å². The second-order valence-electron chi connectivity index (χ2n) is 4.10. The van der Waals surface area contributed by atoms with Gasteiger partial charge in [0.2, 0.25) is 5.91 Å². The number of hydrogen-bond donors (Lipinski definition) is 0. The van der Waals surface area contributed by atoms with Crippen LogP contribution >= 0.6 is 0 Å². The predicted molar refractivity (Wildman–Crippen MR) is 73.5 cm³/mol. The first kappa shape index (κ1) is 14.7. The van der Waals surface area contributed by atoms with Crippen molar-refractivity contribution in [2.75, 3.05) is 23.0 Å². The fourth-order valence-corrected chi connectivity index (χ4v) is 2.45. The summed E-state index contributed by atoms with van der Waals surface area (Å²) in [6.07, 6.45) is 0. The normalized spacial score (nSPS) is 11.3. The van der Waals surface area contributed by atoms with Crippen molar-refractivity contribution >= 4 is 21.4 Å². The van der Waals surface area contributed by atoms with Crippen LogP contribution in [0, 0.1) is 6.92 Å². The van der Waals surface area contributed by atoms with Gasteiger partial charge in [0.05, 0.1) is 0 Å². The molecule has 100 valence electrons. The van der Waals surface area contributed by atoms with E-state index in [0.717, 1.165) is 11.3 Å². The molecule has 0 aliphatic heterocycles. The lowest BCUT2D eigenvalue weighted by atomic mass is 10.2. The number of benzene rings is 1. The van der Waals surface area contributed by atoms with Gasteiger partial charge >= 0.3 is 0 Å². The number of carbonyl (C=O) groups excluding carboxylic acids is 1. The molecule has 1 aromatic rings. The quantitative estimate of drug-likeness (QED) is 0.818. The number of anilines is 1. The summed E-state index contributed by atoms with van der Waals surface area (Å²) in [6, 6.07) is 7.46. The van der Waals surface area contributed by atoms with Crippen LogP contribution in [-0.4, -0.2) is 32.4 Å². The summed E-state index contributed by atoms with van der Waals surface area (Å²) in [7, 11) is -3.29. The number of para-hydroxylation sites is 1. The van der Waals surface area contributed by atoms with Crippen LogP contribution in [0.25, 0.3) is 0 Å². The van der Waals surface area contributed by atoms with Crippen molar-refractivity contribution in [2.45, 2.75) is 20.8 Å². The van der Waals surface area contributed by atoms with E-state index in [1.165, 1.54) is 4.90 Å². The van der Waals surface area contributed by atoms with Crippen molar-refractivity contribution < 1.29 is 13.2 Å². The molecule has 0 aliphatic carbocycles. The monoisotopic (exact) mass is 269 g/mol. The van der Waals surface area contributed by atoms with Crippen molar-refractivity contribution in [3.05, 3.63) is 29.8 Å². The second-order valence-corrected chi connectivity index (χ2v) is 6.45. The molecule has 5 heteroatoms. The first-order chi connectivity index (χ1) is 8.41. The topological polar surface area (TPSA) is 54.5 Å². The Morgan fingerprint density at radius 3 is 2.33 bits per heavy atom. The molecule has 4 nitrogen and oxygen atoms in total.